The van der Waals surface area contributed by atoms with Crippen LogP contribution in [0.25, 0.3) is 0 Å². The van der Waals surface area contributed by atoms with E-state index in [1.165, 1.54) is 5.56 Å². The van der Waals surface area contributed by atoms with Crippen LogP contribution in [-0.4, -0.2) is 33.8 Å². The zero-order valence-corrected chi connectivity index (χ0v) is 15.6. The van der Waals surface area contributed by atoms with E-state index in [1.807, 2.05) is 23.0 Å². The van der Waals surface area contributed by atoms with E-state index in [2.05, 4.69) is 55.4 Å². The number of aliphatic hydroxyl groups excluding tert-OH is 1. The molecule has 0 saturated carbocycles. The Balaban J connectivity index is 2.11. The summed E-state index contributed by atoms with van der Waals surface area (Å²) in [6.07, 6.45) is 7.83. The van der Waals surface area contributed by atoms with Crippen LogP contribution in [0.1, 0.15) is 38.4 Å². The number of hydrogen-bond donors (Lipinski definition) is 1. The molecule has 0 saturated heterocycles. The predicted octanol–water partition coefficient (Wildman–Crippen LogP) is 3.38. The predicted molar refractivity (Wildman–Crippen MR) is 99.8 cm³/mol. The van der Waals surface area contributed by atoms with Gasteiger partial charge in [-0.2, -0.15) is 0 Å². The van der Waals surface area contributed by atoms with Gasteiger partial charge in [0, 0.05) is 25.8 Å². The summed E-state index contributed by atoms with van der Waals surface area (Å²) in [5, 5.41) is 17.2. The highest BCUT2D eigenvalue weighted by Crippen LogP contribution is 2.36. The Kier molecular flexibility index (Phi) is 6.76. The first-order valence-corrected chi connectivity index (χ1v) is 8.78. The van der Waals surface area contributed by atoms with Crippen LogP contribution in [0, 0.1) is 5.92 Å². The van der Waals surface area contributed by atoms with Crippen LogP contribution in [-0.2, 0) is 18.4 Å². The van der Waals surface area contributed by atoms with Crippen LogP contribution in [0.3, 0.4) is 0 Å². The van der Waals surface area contributed by atoms with Crippen LogP contribution in [0.2, 0.25) is 0 Å². The van der Waals surface area contributed by atoms with Gasteiger partial charge in [-0.25, -0.2) is 0 Å². The highest BCUT2D eigenvalue weighted by Gasteiger charge is 2.29. The molecule has 0 radical (unpaired) electrons. The van der Waals surface area contributed by atoms with Gasteiger partial charge in [-0.15, -0.1) is 5.10 Å². The lowest BCUT2D eigenvalue weighted by atomic mass is 9.72. The van der Waals surface area contributed by atoms with E-state index in [0.717, 1.165) is 24.4 Å². The number of rotatable bonds is 9. The van der Waals surface area contributed by atoms with E-state index in [9.17, 15) is 0 Å². The Morgan fingerprint density at radius 2 is 2.00 bits per heavy atom. The average molecular weight is 343 g/mol. The van der Waals surface area contributed by atoms with Crippen LogP contribution < -0.4 is 4.74 Å². The van der Waals surface area contributed by atoms with E-state index < -0.39 is 0 Å². The quantitative estimate of drug-likeness (QED) is 0.709. The van der Waals surface area contributed by atoms with Crippen LogP contribution in [0.4, 0.5) is 0 Å². The van der Waals surface area contributed by atoms with Crippen molar-refractivity contribution >= 4 is 0 Å². The summed E-state index contributed by atoms with van der Waals surface area (Å²) in [5.74, 6) is 1.25. The largest absolute Gasteiger partial charge is 0.497 e. The zero-order valence-electron chi connectivity index (χ0n) is 15.6. The first-order chi connectivity index (χ1) is 12.0. The SMILES string of the molecule is C/C=C/[C@@H](CCn1cc(CCO)nn1)C(C)(C)c1ccc(OC)cc1. The van der Waals surface area contributed by atoms with E-state index in [1.54, 1.807) is 7.11 Å². The Hall–Kier alpha value is -2.14. The summed E-state index contributed by atoms with van der Waals surface area (Å²) < 4.78 is 7.13. The fourth-order valence-electron chi connectivity index (χ4n) is 3.11. The van der Waals surface area contributed by atoms with Crippen molar-refractivity contribution in [2.45, 2.75) is 45.6 Å². The molecule has 0 aliphatic heterocycles. The van der Waals surface area contributed by atoms with Crippen LogP contribution in [0.15, 0.2) is 42.6 Å². The minimum absolute atomic E-state index is 0.00666. The molecule has 0 fully saturated rings. The van der Waals surface area contributed by atoms with Crippen molar-refractivity contribution in [1.82, 2.24) is 15.0 Å². The molecule has 1 aromatic carbocycles. The Labute approximate surface area is 150 Å². The molecule has 1 heterocycles. The first-order valence-electron chi connectivity index (χ1n) is 8.78. The van der Waals surface area contributed by atoms with Crippen molar-refractivity contribution in [3.63, 3.8) is 0 Å². The fraction of sp³-hybridized carbons (Fsp3) is 0.500. The molecule has 0 spiro atoms. The van der Waals surface area contributed by atoms with Gasteiger partial charge in [0.15, 0.2) is 0 Å². The Morgan fingerprint density at radius 3 is 2.60 bits per heavy atom. The van der Waals surface area contributed by atoms with E-state index in [4.69, 9.17) is 9.84 Å². The maximum Gasteiger partial charge on any atom is 0.118 e. The van der Waals surface area contributed by atoms with Crippen molar-refractivity contribution in [1.29, 1.82) is 0 Å². The number of benzene rings is 1. The minimum Gasteiger partial charge on any atom is -0.497 e. The third kappa shape index (κ3) is 4.92. The number of methoxy groups -OCH3 is 1. The molecule has 0 amide bonds. The molecule has 2 aromatic rings. The zero-order chi connectivity index (χ0) is 18.3. The van der Waals surface area contributed by atoms with Crippen molar-refractivity contribution < 1.29 is 9.84 Å². The lowest BCUT2D eigenvalue weighted by molar-refractivity contribution is 0.298. The summed E-state index contributed by atoms with van der Waals surface area (Å²) in [4.78, 5) is 0. The molecular formula is C20H29N3O2. The first kappa shape index (κ1) is 19.2. The number of hydrogen-bond acceptors (Lipinski definition) is 4. The molecule has 136 valence electrons. The minimum atomic E-state index is -0.00666. The third-order valence-electron chi connectivity index (χ3n) is 4.81. The smallest absolute Gasteiger partial charge is 0.118 e. The van der Waals surface area contributed by atoms with Crippen molar-refractivity contribution in [2.75, 3.05) is 13.7 Å². The molecule has 25 heavy (non-hydrogen) atoms. The van der Waals surface area contributed by atoms with Crippen molar-refractivity contribution in [2.24, 2.45) is 5.92 Å². The number of aromatic nitrogens is 3. The fourth-order valence-corrected chi connectivity index (χ4v) is 3.11. The van der Waals surface area contributed by atoms with Gasteiger partial charge in [0.25, 0.3) is 0 Å². The van der Waals surface area contributed by atoms with Crippen LogP contribution >= 0.6 is 0 Å². The van der Waals surface area contributed by atoms with Gasteiger partial charge in [0.2, 0.25) is 0 Å². The van der Waals surface area contributed by atoms with Crippen LogP contribution in [0.5, 0.6) is 5.75 Å². The van der Waals surface area contributed by atoms with E-state index >= 15 is 0 Å². The number of aryl methyl sites for hydroxylation is 1. The number of ether oxygens (including phenoxy) is 1. The van der Waals surface area contributed by atoms with Gasteiger partial charge in [0.1, 0.15) is 5.75 Å². The molecule has 0 aliphatic rings. The summed E-state index contributed by atoms with van der Waals surface area (Å²) in [7, 11) is 1.69. The molecule has 0 unspecified atom stereocenters. The monoisotopic (exact) mass is 343 g/mol. The topological polar surface area (TPSA) is 60.2 Å². The standard InChI is InChI=1S/C20H29N3O2/c1-5-6-16(11-13-23-15-18(12-14-24)21-22-23)20(2,3)17-7-9-19(25-4)10-8-17/h5-10,15-16,24H,11-14H2,1-4H3/b6-5+/t16-/m0/s1. The maximum absolute atomic E-state index is 8.99. The maximum atomic E-state index is 8.99. The number of nitrogens with zero attached hydrogens (tertiary/aromatic N) is 3. The molecule has 2 rings (SSSR count). The lowest BCUT2D eigenvalue weighted by Gasteiger charge is -2.33. The lowest BCUT2D eigenvalue weighted by Crippen LogP contribution is -2.28. The summed E-state index contributed by atoms with van der Waals surface area (Å²) >= 11 is 0. The van der Waals surface area contributed by atoms with Gasteiger partial charge in [-0.05, 0) is 42.4 Å². The Morgan fingerprint density at radius 1 is 1.28 bits per heavy atom. The molecular weight excluding hydrogens is 314 g/mol. The summed E-state index contributed by atoms with van der Waals surface area (Å²) in [5.41, 5.74) is 2.11. The highest BCUT2D eigenvalue weighted by atomic mass is 16.5. The molecule has 1 atom stereocenters. The van der Waals surface area contributed by atoms with Crippen molar-refractivity contribution in [3.8, 4) is 5.75 Å². The van der Waals surface area contributed by atoms with Gasteiger partial charge in [-0.3, -0.25) is 4.68 Å². The van der Waals surface area contributed by atoms with Crippen molar-refractivity contribution in [3.05, 3.63) is 53.9 Å². The second kappa shape index (κ2) is 8.81. The van der Waals surface area contributed by atoms with Gasteiger partial charge < -0.3 is 9.84 Å². The normalized spacial score (nSPS) is 13.3. The van der Waals surface area contributed by atoms with Gasteiger partial charge >= 0.3 is 0 Å². The molecule has 5 heteroatoms. The van der Waals surface area contributed by atoms with Gasteiger partial charge in [-0.1, -0.05) is 43.3 Å². The second-order valence-corrected chi connectivity index (χ2v) is 6.82. The second-order valence-electron chi connectivity index (χ2n) is 6.82. The molecule has 1 aromatic heterocycles. The molecule has 0 bridgehead atoms. The molecule has 0 aliphatic carbocycles. The van der Waals surface area contributed by atoms with E-state index in [0.29, 0.717) is 12.3 Å². The van der Waals surface area contributed by atoms with E-state index in [-0.39, 0.29) is 12.0 Å². The average Bonchev–Trinajstić information content (AvgIpc) is 3.06. The highest BCUT2D eigenvalue weighted by molar-refractivity contribution is 5.32. The number of allylic oxidation sites excluding steroid dienone is 2. The summed E-state index contributed by atoms with van der Waals surface area (Å²) in [6, 6.07) is 8.32. The Bertz CT molecular complexity index is 675. The summed E-state index contributed by atoms with van der Waals surface area (Å²) in [6.45, 7) is 7.51. The number of aliphatic hydroxyl groups is 1. The molecule has 5 nitrogen and oxygen atoms in total. The third-order valence-corrected chi connectivity index (χ3v) is 4.81. The molecule has 1 N–H and O–H groups in total. The van der Waals surface area contributed by atoms with Gasteiger partial charge in [0.05, 0.1) is 12.8 Å².